The van der Waals surface area contributed by atoms with E-state index in [0.717, 1.165) is 0 Å². The molecule has 0 aliphatic carbocycles. The van der Waals surface area contributed by atoms with Gasteiger partial charge >= 0.3 is 0 Å². The van der Waals surface area contributed by atoms with Gasteiger partial charge in [0, 0.05) is 11.3 Å². The van der Waals surface area contributed by atoms with Gasteiger partial charge in [-0.15, -0.1) is 0 Å². The van der Waals surface area contributed by atoms with Gasteiger partial charge in [0.25, 0.3) is 0 Å². The Kier molecular flexibility index (Phi) is 8.24. The van der Waals surface area contributed by atoms with Crippen molar-refractivity contribution in [1.82, 2.24) is 9.97 Å². The molecular weight excluding hydrogens is 509 g/mol. The number of rotatable bonds is 9. The quantitative estimate of drug-likeness (QED) is 0.267. The van der Waals surface area contributed by atoms with E-state index in [2.05, 4.69) is 16.0 Å². The molecule has 1 unspecified atom stereocenters. The third-order valence-corrected chi connectivity index (χ3v) is 6.54. The molecule has 2 aromatic carbocycles. The van der Waals surface area contributed by atoms with E-state index < -0.39 is 18.5 Å². The van der Waals surface area contributed by atoms with Crippen LogP contribution in [0.1, 0.15) is 22.6 Å². The van der Waals surface area contributed by atoms with Crippen LogP contribution in [0.5, 0.6) is 5.75 Å². The zero-order valence-corrected chi connectivity index (χ0v) is 21.0. The molecule has 0 fully saturated rings. The van der Waals surface area contributed by atoms with Crippen molar-refractivity contribution in [1.29, 1.82) is 10.5 Å². The van der Waals surface area contributed by atoms with Gasteiger partial charge in [-0.3, -0.25) is 0 Å². The number of aromatic nitrogens is 2. The Morgan fingerprint density at radius 3 is 2.47 bits per heavy atom. The van der Waals surface area contributed by atoms with E-state index in [0.29, 0.717) is 33.4 Å². The average Bonchev–Trinajstić information content (AvgIpc) is 3.30. The van der Waals surface area contributed by atoms with E-state index in [1.807, 2.05) is 6.07 Å². The summed E-state index contributed by atoms with van der Waals surface area (Å²) in [4.78, 5) is 8.73. The molecular formula is C27H22FN5O4S. The third kappa shape index (κ3) is 5.61. The Morgan fingerprint density at radius 1 is 1.11 bits per heavy atom. The largest absolute Gasteiger partial charge is 0.491 e. The molecule has 4 rings (SSSR count). The SMILES string of the molecule is Cc1oc(-c2ccccc2F)nc1CSc1nc(N)c(C#N)c(-c2ccc(OCC(O)CO)cc2)c1C#N. The second-order valence-corrected chi connectivity index (χ2v) is 9.08. The number of benzene rings is 2. The van der Waals surface area contributed by atoms with Crippen LogP contribution in [0.2, 0.25) is 0 Å². The van der Waals surface area contributed by atoms with Gasteiger partial charge in [0.1, 0.15) is 58.6 Å². The molecule has 0 radical (unpaired) electrons. The highest BCUT2D eigenvalue weighted by Crippen LogP contribution is 2.37. The minimum absolute atomic E-state index is 0.0284. The number of ether oxygens (including phenoxy) is 1. The predicted octanol–water partition coefficient (Wildman–Crippen LogP) is 4.20. The van der Waals surface area contributed by atoms with Crippen molar-refractivity contribution >= 4 is 17.6 Å². The van der Waals surface area contributed by atoms with Gasteiger partial charge in [-0.25, -0.2) is 14.4 Å². The van der Waals surface area contributed by atoms with Crippen LogP contribution in [0.3, 0.4) is 0 Å². The summed E-state index contributed by atoms with van der Waals surface area (Å²) in [5.41, 5.74) is 8.01. The first-order valence-corrected chi connectivity index (χ1v) is 12.3. The summed E-state index contributed by atoms with van der Waals surface area (Å²) >= 11 is 1.20. The molecule has 2 heterocycles. The number of nitriles is 2. The summed E-state index contributed by atoms with van der Waals surface area (Å²) < 4.78 is 25.3. The molecule has 0 bridgehead atoms. The maximum Gasteiger partial charge on any atom is 0.229 e. The zero-order valence-electron chi connectivity index (χ0n) is 20.2. The van der Waals surface area contributed by atoms with Gasteiger partial charge in [-0.1, -0.05) is 36.0 Å². The highest BCUT2D eigenvalue weighted by Gasteiger charge is 2.22. The summed E-state index contributed by atoms with van der Waals surface area (Å²) in [6.45, 7) is 1.20. The molecule has 4 aromatic rings. The van der Waals surface area contributed by atoms with Gasteiger partial charge in [0.05, 0.1) is 23.4 Å². The third-order valence-electron chi connectivity index (χ3n) is 5.55. The Bertz CT molecular complexity index is 1540. The number of hydrogen-bond acceptors (Lipinski definition) is 10. The Hall–Kier alpha value is -4.42. The number of hydrogen-bond donors (Lipinski definition) is 3. The summed E-state index contributed by atoms with van der Waals surface area (Å²) in [5.74, 6) is 0.862. The van der Waals surface area contributed by atoms with Crippen LogP contribution < -0.4 is 10.5 Å². The van der Waals surface area contributed by atoms with Crippen molar-refractivity contribution in [2.24, 2.45) is 0 Å². The Morgan fingerprint density at radius 2 is 1.82 bits per heavy atom. The van der Waals surface area contributed by atoms with E-state index in [9.17, 15) is 20.0 Å². The number of aliphatic hydroxyl groups excluding tert-OH is 2. The standard InChI is InChI=1S/C27H22FN5O4S/c1-15-23(32-26(37-15)19-4-2-3-5-22(19)28)14-38-27-21(11-30)24(20(10-29)25(31)33-27)16-6-8-18(9-7-16)36-13-17(35)12-34/h2-9,17,34-35H,12-14H2,1H3,(H2,31,33). The number of nitrogens with zero attached hydrogens (tertiary/aromatic N) is 4. The van der Waals surface area contributed by atoms with E-state index in [1.54, 1.807) is 49.4 Å². The zero-order chi connectivity index (χ0) is 27.2. The normalized spacial score (nSPS) is 11.5. The second-order valence-electron chi connectivity index (χ2n) is 8.11. The van der Waals surface area contributed by atoms with E-state index in [1.165, 1.54) is 17.8 Å². The van der Waals surface area contributed by atoms with Gasteiger partial charge < -0.3 is 25.1 Å². The van der Waals surface area contributed by atoms with Crippen molar-refractivity contribution in [2.45, 2.75) is 23.8 Å². The number of aryl methyl sites for hydroxylation is 1. The van der Waals surface area contributed by atoms with Crippen LogP contribution in [0.25, 0.3) is 22.6 Å². The molecule has 9 nitrogen and oxygen atoms in total. The molecule has 0 saturated carbocycles. The van der Waals surface area contributed by atoms with Gasteiger partial charge in [-0.2, -0.15) is 10.5 Å². The Labute approximate surface area is 222 Å². The lowest BCUT2D eigenvalue weighted by molar-refractivity contribution is 0.0536. The fourth-order valence-corrected chi connectivity index (χ4v) is 4.60. The number of aliphatic hydroxyl groups is 2. The molecule has 38 heavy (non-hydrogen) atoms. The van der Waals surface area contributed by atoms with Crippen LogP contribution in [-0.2, 0) is 5.75 Å². The van der Waals surface area contributed by atoms with Crippen LogP contribution in [0, 0.1) is 35.4 Å². The maximum atomic E-state index is 14.2. The molecule has 2 aromatic heterocycles. The van der Waals surface area contributed by atoms with E-state index in [4.69, 9.17) is 20.0 Å². The van der Waals surface area contributed by atoms with Crippen molar-refractivity contribution in [3.8, 4) is 40.5 Å². The van der Waals surface area contributed by atoms with Crippen LogP contribution in [0.4, 0.5) is 10.2 Å². The molecule has 0 saturated heterocycles. The van der Waals surface area contributed by atoms with E-state index in [-0.39, 0.29) is 40.8 Å². The molecule has 1 atom stereocenters. The van der Waals surface area contributed by atoms with Crippen molar-refractivity contribution in [3.05, 3.63) is 76.9 Å². The average molecular weight is 532 g/mol. The fourth-order valence-electron chi connectivity index (χ4n) is 3.60. The summed E-state index contributed by atoms with van der Waals surface area (Å²) in [7, 11) is 0. The van der Waals surface area contributed by atoms with Crippen molar-refractivity contribution < 1.29 is 23.8 Å². The molecule has 0 aliphatic heterocycles. The maximum absolute atomic E-state index is 14.2. The van der Waals surface area contributed by atoms with Gasteiger partial charge in [0.2, 0.25) is 5.89 Å². The first-order chi connectivity index (χ1) is 18.4. The molecule has 0 spiro atoms. The molecule has 0 amide bonds. The lowest BCUT2D eigenvalue weighted by atomic mass is 9.97. The number of anilines is 1. The highest BCUT2D eigenvalue weighted by atomic mass is 32.2. The first-order valence-electron chi connectivity index (χ1n) is 11.4. The monoisotopic (exact) mass is 531 g/mol. The molecule has 4 N–H and O–H groups in total. The number of oxazole rings is 1. The predicted molar refractivity (Wildman–Crippen MR) is 138 cm³/mol. The van der Waals surface area contributed by atoms with E-state index >= 15 is 0 Å². The summed E-state index contributed by atoms with van der Waals surface area (Å²) in [6.07, 6.45) is -1.01. The molecule has 11 heteroatoms. The molecule has 192 valence electrons. The topological polar surface area (TPSA) is 162 Å². The Balaban J connectivity index is 1.64. The summed E-state index contributed by atoms with van der Waals surface area (Å²) in [6, 6.07) is 16.9. The van der Waals surface area contributed by atoms with Crippen molar-refractivity contribution in [3.63, 3.8) is 0 Å². The number of pyridine rings is 1. The van der Waals surface area contributed by atoms with Gasteiger partial charge in [-0.05, 0) is 36.8 Å². The lowest BCUT2D eigenvalue weighted by Crippen LogP contribution is -2.21. The van der Waals surface area contributed by atoms with Crippen LogP contribution >= 0.6 is 11.8 Å². The van der Waals surface area contributed by atoms with Gasteiger partial charge in [0.15, 0.2) is 0 Å². The first kappa shape index (κ1) is 26.6. The smallest absolute Gasteiger partial charge is 0.229 e. The highest BCUT2D eigenvalue weighted by molar-refractivity contribution is 7.98. The molecule has 0 aliphatic rings. The number of halogens is 1. The summed E-state index contributed by atoms with van der Waals surface area (Å²) in [5, 5.41) is 38.5. The number of nitrogen functional groups attached to an aromatic ring is 1. The lowest BCUT2D eigenvalue weighted by Gasteiger charge is -2.14. The number of nitrogens with two attached hydrogens (primary N) is 1. The second kappa shape index (κ2) is 11.8. The number of thioether (sulfide) groups is 1. The van der Waals surface area contributed by atoms with Crippen molar-refractivity contribution in [2.75, 3.05) is 18.9 Å². The minimum atomic E-state index is -1.01. The van der Waals surface area contributed by atoms with Crippen LogP contribution in [0.15, 0.2) is 58.0 Å². The minimum Gasteiger partial charge on any atom is -0.491 e. The fraction of sp³-hybridized carbons (Fsp3) is 0.185. The van der Waals surface area contributed by atoms with Crippen LogP contribution in [-0.4, -0.2) is 39.5 Å².